The summed E-state index contributed by atoms with van der Waals surface area (Å²) in [6.07, 6.45) is 0.817. The zero-order chi connectivity index (χ0) is 24.7. The zero-order valence-corrected chi connectivity index (χ0v) is 18.0. The standard InChI is InChI=1S/C17H34N10O5/c1-9(18)13(29)25-8-12(28)26-10(4-2-6-23-16(19)20)14(30)27-11(15(31)32)5-3-7-24-17(21)22/h9-11H,2-8,18H2,1H3,(H,25,29)(H,26,28)(H,27,30)(H,31,32)(H4,19,20,23)(H4,21,22,24). The van der Waals surface area contributed by atoms with Crippen LogP contribution in [-0.2, 0) is 19.2 Å². The number of nitrogens with two attached hydrogens (primary N) is 5. The molecular formula is C17H34N10O5. The number of aliphatic imine (C=N–C) groups is 2. The van der Waals surface area contributed by atoms with Gasteiger partial charge in [0.1, 0.15) is 12.1 Å². The second-order valence-electron chi connectivity index (χ2n) is 6.92. The van der Waals surface area contributed by atoms with Crippen molar-refractivity contribution in [1.82, 2.24) is 16.0 Å². The van der Waals surface area contributed by atoms with Crippen LogP contribution in [0.4, 0.5) is 0 Å². The van der Waals surface area contributed by atoms with Crippen LogP contribution in [0.3, 0.4) is 0 Å². The third-order valence-corrected chi connectivity index (χ3v) is 3.99. The van der Waals surface area contributed by atoms with Gasteiger partial charge < -0.3 is 49.7 Å². The first-order valence-electron chi connectivity index (χ1n) is 9.90. The number of carboxylic acid groups (broad SMARTS) is 1. The lowest BCUT2D eigenvalue weighted by Crippen LogP contribution is -2.53. The minimum atomic E-state index is -1.25. The van der Waals surface area contributed by atoms with Crippen molar-refractivity contribution in [3.05, 3.63) is 0 Å². The lowest BCUT2D eigenvalue weighted by atomic mass is 10.1. The summed E-state index contributed by atoms with van der Waals surface area (Å²) in [5, 5.41) is 16.5. The van der Waals surface area contributed by atoms with Crippen LogP contribution in [-0.4, -0.2) is 78.5 Å². The van der Waals surface area contributed by atoms with Gasteiger partial charge in [-0.1, -0.05) is 0 Å². The van der Waals surface area contributed by atoms with Crippen LogP contribution in [0, 0.1) is 0 Å². The largest absolute Gasteiger partial charge is 0.480 e. The van der Waals surface area contributed by atoms with E-state index in [1.54, 1.807) is 0 Å². The van der Waals surface area contributed by atoms with Crippen LogP contribution < -0.4 is 44.6 Å². The summed E-state index contributed by atoms with van der Waals surface area (Å²) in [5.74, 6) is -3.41. The summed E-state index contributed by atoms with van der Waals surface area (Å²) in [6.45, 7) is 1.44. The Bertz CT molecular complexity index is 702. The van der Waals surface area contributed by atoms with Crippen molar-refractivity contribution < 1.29 is 24.3 Å². The first kappa shape index (κ1) is 28.4. The molecular weight excluding hydrogens is 424 g/mol. The summed E-state index contributed by atoms with van der Waals surface area (Å²) >= 11 is 0. The summed E-state index contributed by atoms with van der Waals surface area (Å²) in [5.41, 5.74) is 26.4. The van der Waals surface area contributed by atoms with E-state index >= 15 is 0 Å². The molecule has 15 heteroatoms. The Morgan fingerprint density at radius 1 is 0.844 bits per heavy atom. The molecule has 0 fully saturated rings. The van der Waals surface area contributed by atoms with Crippen molar-refractivity contribution in [2.75, 3.05) is 19.6 Å². The molecule has 0 aliphatic carbocycles. The third kappa shape index (κ3) is 13.6. The molecule has 14 N–H and O–H groups in total. The van der Waals surface area contributed by atoms with E-state index in [-0.39, 0.29) is 37.9 Å². The molecule has 0 bridgehead atoms. The third-order valence-electron chi connectivity index (χ3n) is 3.99. The van der Waals surface area contributed by atoms with Crippen LogP contribution in [0.25, 0.3) is 0 Å². The highest BCUT2D eigenvalue weighted by Crippen LogP contribution is 2.03. The molecule has 0 aromatic carbocycles. The van der Waals surface area contributed by atoms with E-state index in [0.717, 1.165) is 0 Å². The van der Waals surface area contributed by atoms with Crippen molar-refractivity contribution in [2.45, 2.75) is 50.7 Å². The Labute approximate surface area is 185 Å². The van der Waals surface area contributed by atoms with E-state index in [4.69, 9.17) is 28.7 Å². The molecule has 3 atom stereocenters. The average Bonchev–Trinajstić information content (AvgIpc) is 2.69. The maximum absolute atomic E-state index is 12.7. The van der Waals surface area contributed by atoms with Crippen LogP contribution in [0.5, 0.6) is 0 Å². The molecule has 0 aliphatic heterocycles. The predicted molar refractivity (Wildman–Crippen MR) is 118 cm³/mol. The Morgan fingerprint density at radius 2 is 1.34 bits per heavy atom. The van der Waals surface area contributed by atoms with E-state index in [1.807, 2.05) is 0 Å². The Morgan fingerprint density at radius 3 is 1.78 bits per heavy atom. The number of nitrogens with zero attached hydrogens (tertiary/aromatic N) is 2. The smallest absolute Gasteiger partial charge is 0.326 e. The van der Waals surface area contributed by atoms with Crippen LogP contribution in [0.2, 0.25) is 0 Å². The van der Waals surface area contributed by atoms with Crippen molar-refractivity contribution in [1.29, 1.82) is 0 Å². The normalized spacial score (nSPS) is 13.1. The highest BCUT2D eigenvalue weighted by atomic mass is 16.4. The molecule has 3 amide bonds. The zero-order valence-electron chi connectivity index (χ0n) is 18.0. The van der Waals surface area contributed by atoms with Gasteiger partial charge in [-0.2, -0.15) is 0 Å². The van der Waals surface area contributed by atoms with Gasteiger partial charge in [0, 0.05) is 13.1 Å². The van der Waals surface area contributed by atoms with E-state index in [9.17, 15) is 24.3 Å². The first-order valence-corrected chi connectivity index (χ1v) is 9.90. The molecule has 0 rings (SSSR count). The molecule has 0 aromatic heterocycles. The number of carbonyl (C=O) groups is 4. The maximum Gasteiger partial charge on any atom is 0.326 e. The van der Waals surface area contributed by atoms with Gasteiger partial charge in [0.25, 0.3) is 0 Å². The minimum Gasteiger partial charge on any atom is -0.480 e. The van der Waals surface area contributed by atoms with Gasteiger partial charge in [-0.05, 0) is 32.6 Å². The summed E-state index contributed by atoms with van der Waals surface area (Å²) in [6, 6.07) is -3.10. The Kier molecular flexibility index (Phi) is 13.5. The van der Waals surface area contributed by atoms with E-state index in [1.165, 1.54) is 6.92 Å². The van der Waals surface area contributed by atoms with Crippen molar-refractivity contribution in [2.24, 2.45) is 38.7 Å². The number of hydrogen-bond donors (Lipinski definition) is 9. The number of amides is 3. The molecule has 0 heterocycles. The van der Waals surface area contributed by atoms with Gasteiger partial charge in [-0.25, -0.2) is 4.79 Å². The van der Waals surface area contributed by atoms with Gasteiger partial charge in [-0.15, -0.1) is 0 Å². The fourth-order valence-electron chi connectivity index (χ4n) is 2.38. The number of carboxylic acids is 1. The lowest BCUT2D eigenvalue weighted by molar-refractivity contribution is -0.142. The monoisotopic (exact) mass is 458 g/mol. The second kappa shape index (κ2) is 15.2. The topological polar surface area (TPSA) is 279 Å². The van der Waals surface area contributed by atoms with E-state index < -0.39 is 48.4 Å². The minimum absolute atomic E-state index is 0.0664. The highest BCUT2D eigenvalue weighted by Gasteiger charge is 2.26. The van der Waals surface area contributed by atoms with Crippen LogP contribution in [0.15, 0.2) is 9.98 Å². The summed E-state index contributed by atoms with van der Waals surface area (Å²) in [4.78, 5) is 55.4. The number of aliphatic carboxylic acids is 1. The molecule has 182 valence electrons. The molecule has 0 aromatic rings. The SMILES string of the molecule is CC(N)C(=O)NCC(=O)NC(CCCN=C(N)N)C(=O)NC(CCCN=C(N)N)C(=O)O. The molecule has 0 spiro atoms. The van der Waals surface area contributed by atoms with Crippen molar-refractivity contribution >= 4 is 35.6 Å². The maximum atomic E-state index is 12.7. The van der Waals surface area contributed by atoms with Gasteiger partial charge in [0.2, 0.25) is 17.7 Å². The van der Waals surface area contributed by atoms with E-state index in [2.05, 4.69) is 25.9 Å². The molecule has 0 radical (unpaired) electrons. The Balaban J connectivity index is 5.05. The average molecular weight is 459 g/mol. The second-order valence-corrected chi connectivity index (χ2v) is 6.92. The van der Waals surface area contributed by atoms with Crippen LogP contribution in [0.1, 0.15) is 32.6 Å². The molecule has 15 nitrogen and oxygen atoms in total. The highest BCUT2D eigenvalue weighted by molar-refractivity contribution is 5.92. The molecule has 3 unspecified atom stereocenters. The first-order chi connectivity index (χ1) is 14.9. The van der Waals surface area contributed by atoms with Gasteiger partial charge in [0.15, 0.2) is 11.9 Å². The summed E-state index contributed by atoms with van der Waals surface area (Å²) in [7, 11) is 0. The molecule has 0 aliphatic rings. The fraction of sp³-hybridized carbons (Fsp3) is 0.647. The number of nitrogens with one attached hydrogen (secondary N) is 3. The quantitative estimate of drug-likeness (QED) is 0.0645. The number of carbonyl (C=O) groups excluding carboxylic acids is 3. The number of hydrogen-bond acceptors (Lipinski definition) is 7. The molecule has 0 saturated heterocycles. The summed E-state index contributed by atoms with van der Waals surface area (Å²) < 4.78 is 0. The van der Waals surface area contributed by atoms with Crippen molar-refractivity contribution in [3.63, 3.8) is 0 Å². The molecule has 32 heavy (non-hydrogen) atoms. The van der Waals surface area contributed by atoms with Gasteiger partial charge in [-0.3, -0.25) is 24.4 Å². The predicted octanol–water partition coefficient (Wildman–Crippen LogP) is -4.39. The van der Waals surface area contributed by atoms with Crippen molar-refractivity contribution in [3.8, 4) is 0 Å². The van der Waals surface area contributed by atoms with Gasteiger partial charge in [0.05, 0.1) is 12.6 Å². The number of guanidine groups is 2. The Hall–Kier alpha value is -3.62. The fourth-order valence-corrected chi connectivity index (χ4v) is 2.38. The lowest BCUT2D eigenvalue weighted by Gasteiger charge is -2.21. The molecule has 0 saturated carbocycles. The van der Waals surface area contributed by atoms with Gasteiger partial charge >= 0.3 is 5.97 Å². The number of rotatable bonds is 15. The van der Waals surface area contributed by atoms with E-state index in [0.29, 0.717) is 12.8 Å². The van der Waals surface area contributed by atoms with Crippen LogP contribution >= 0.6 is 0 Å².